The fraction of sp³-hybridized carbons (Fsp3) is 0.190. The maximum atomic E-state index is 12.4. The summed E-state index contributed by atoms with van der Waals surface area (Å²) in [6.45, 7) is 0.808. The molecule has 1 aliphatic heterocycles. The summed E-state index contributed by atoms with van der Waals surface area (Å²) in [7, 11) is 0. The summed E-state index contributed by atoms with van der Waals surface area (Å²) in [6, 6.07) is 13.8. The number of amides is 3. The predicted octanol–water partition coefficient (Wildman–Crippen LogP) is 1.92. The van der Waals surface area contributed by atoms with Crippen LogP contribution < -0.4 is 5.32 Å². The van der Waals surface area contributed by atoms with Crippen LogP contribution in [0.15, 0.2) is 48.5 Å². The number of hydrogen-bond donors (Lipinski definition) is 1. The number of anilines is 1. The molecule has 2 aromatic carbocycles. The summed E-state index contributed by atoms with van der Waals surface area (Å²) in [6.07, 6.45) is 0.265. The number of hydrogen-bond acceptors (Lipinski definition) is 6. The third-order valence-electron chi connectivity index (χ3n) is 4.42. The second-order valence-corrected chi connectivity index (χ2v) is 6.39. The van der Waals surface area contributed by atoms with Crippen molar-refractivity contribution in [3.8, 4) is 6.07 Å². The molecule has 3 amide bonds. The van der Waals surface area contributed by atoms with Crippen molar-refractivity contribution in [2.24, 2.45) is 0 Å². The lowest BCUT2D eigenvalue weighted by Gasteiger charge is -2.20. The molecule has 8 heteroatoms. The van der Waals surface area contributed by atoms with E-state index in [4.69, 9.17) is 10.00 Å². The van der Waals surface area contributed by atoms with Crippen LogP contribution in [0.1, 0.15) is 33.2 Å². The molecular formula is C21H17N3O5. The van der Waals surface area contributed by atoms with E-state index in [9.17, 15) is 19.2 Å². The van der Waals surface area contributed by atoms with Crippen molar-refractivity contribution >= 4 is 29.4 Å². The molecule has 0 saturated heterocycles. The first-order valence-electron chi connectivity index (χ1n) is 8.81. The fourth-order valence-corrected chi connectivity index (χ4v) is 2.92. The van der Waals surface area contributed by atoms with E-state index in [1.165, 1.54) is 19.1 Å². The summed E-state index contributed by atoms with van der Waals surface area (Å²) in [5.74, 6) is -2.58. The molecule has 0 spiro atoms. The minimum atomic E-state index is -1.17. The summed E-state index contributed by atoms with van der Waals surface area (Å²) >= 11 is 0. The van der Waals surface area contributed by atoms with Gasteiger partial charge in [-0.2, -0.15) is 5.26 Å². The lowest BCUT2D eigenvalue weighted by atomic mass is 10.1. The molecule has 0 radical (unpaired) electrons. The first-order chi connectivity index (χ1) is 13.9. The minimum absolute atomic E-state index is 0.231. The van der Waals surface area contributed by atoms with Gasteiger partial charge in [0.1, 0.15) is 6.04 Å². The monoisotopic (exact) mass is 391 g/mol. The minimum Gasteiger partial charge on any atom is -0.454 e. The Balaban J connectivity index is 1.55. The van der Waals surface area contributed by atoms with Gasteiger partial charge in [-0.1, -0.05) is 24.3 Å². The van der Waals surface area contributed by atoms with Crippen LogP contribution in [0.4, 0.5) is 5.69 Å². The van der Waals surface area contributed by atoms with Gasteiger partial charge in [0.15, 0.2) is 6.61 Å². The maximum absolute atomic E-state index is 12.4. The van der Waals surface area contributed by atoms with Crippen molar-refractivity contribution in [2.75, 3.05) is 11.9 Å². The number of benzene rings is 2. The molecule has 3 rings (SSSR count). The zero-order valence-electron chi connectivity index (χ0n) is 15.5. The first-order valence-corrected chi connectivity index (χ1v) is 8.81. The van der Waals surface area contributed by atoms with E-state index in [0.717, 1.165) is 10.5 Å². The van der Waals surface area contributed by atoms with Crippen LogP contribution in [0.25, 0.3) is 0 Å². The van der Waals surface area contributed by atoms with Gasteiger partial charge in [-0.3, -0.25) is 19.3 Å². The van der Waals surface area contributed by atoms with Gasteiger partial charge in [0.2, 0.25) is 0 Å². The zero-order valence-corrected chi connectivity index (χ0v) is 15.5. The number of ether oxygens (including phenoxy) is 1. The number of nitriles is 1. The number of fused-ring (bicyclic) bond motifs is 1. The SMILES string of the molecule is CC(C(=O)OCC(=O)Nc1ccc(CC#N)cc1)N1C(=O)c2ccccc2C1=O. The van der Waals surface area contributed by atoms with Gasteiger partial charge in [0, 0.05) is 5.69 Å². The topological polar surface area (TPSA) is 117 Å². The highest BCUT2D eigenvalue weighted by Crippen LogP contribution is 2.24. The van der Waals surface area contributed by atoms with Gasteiger partial charge in [-0.25, -0.2) is 4.79 Å². The Kier molecular flexibility index (Phi) is 5.69. The molecule has 0 saturated carbocycles. The first kappa shape index (κ1) is 19.8. The van der Waals surface area contributed by atoms with E-state index >= 15 is 0 Å². The second kappa shape index (κ2) is 8.35. The number of nitrogens with one attached hydrogen (secondary N) is 1. The number of imide groups is 1. The third kappa shape index (κ3) is 4.14. The summed E-state index contributed by atoms with van der Waals surface area (Å²) in [5, 5.41) is 11.2. The van der Waals surface area contributed by atoms with Gasteiger partial charge in [-0.05, 0) is 36.8 Å². The van der Waals surface area contributed by atoms with E-state index in [0.29, 0.717) is 5.69 Å². The molecule has 29 heavy (non-hydrogen) atoms. The van der Waals surface area contributed by atoms with Gasteiger partial charge in [0.05, 0.1) is 23.6 Å². The molecule has 0 aromatic heterocycles. The van der Waals surface area contributed by atoms with Crippen LogP contribution in [-0.4, -0.2) is 41.2 Å². The normalized spacial score (nSPS) is 13.4. The molecule has 8 nitrogen and oxygen atoms in total. The van der Waals surface area contributed by atoms with Crippen LogP contribution in [0.3, 0.4) is 0 Å². The highest BCUT2D eigenvalue weighted by Gasteiger charge is 2.41. The van der Waals surface area contributed by atoms with Crippen LogP contribution in [0.5, 0.6) is 0 Å². The number of carbonyl (C=O) groups excluding carboxylic acids is 4. The molecule has 1 N–H and O–H groups in total. The summed E-state index contributed by atoms with van der Waals surface area (Å²) in [4.78, 5) is 49.9. The average molecular weight is 391 g/mol. The lowest BCUT2D eigenvalue weighted by Crippen LogP contribution is -2.44. The van der Waals surface area contributed by atoms with E-state index in [1.54, 1.807) is 36.4 Å². The van der Waals surface area contributed by atoms with Crippen molar-refractivity contribution in [3.05, 3.63) is 65.2 Å². The third-order valence-corrected chi connectivity index (χ3v) is 4.42. The smallest absolute Gasteiger partial charge is 0.329 e. The fourth-order valence-electron chi connectivity index (χ4n) is 2.92. The molecule has 2 aromatic rings. The average Bonchev–Trinajstić information content (AvgIpc) is 2.98. The van der Waals surface area contributed by atoms with Crippen LogP contribution >= 0.6 is 0 Å². The number of esters is 1. The highest BCUT2D eigenvalue weighted by atomic mass is 16.5. The van der Waals surface area contributed by atoms with Crippen LogP contribution in [0, 0.1) is 11.3 Å². The Morgan fingerprint density at radius 3 is 2.21 bits per heavy atom. The van der Waals surface area contributed by atoms with Gasteiger partial charge < -0.3 is 10.1 Å². The van der Waals surface area contributed by atoms with E-state index in [1.807, 2.05) is 6.07 Å². The molecule has 0 aliphatic carbocycles. The standard InChI is InChI=1S/C21H17N3O5/c1-13(24-19(26)16-4-2-3-5-17(16)20(24)27)21(28)29-12-18(25)23-15-8-6-14(7-9-15)10-11-22/h2-9,13H,10,12H2,1H3,(H,23,25). The van der Waals surface area contributed by atoms with E-state index in [-0.39, 0.29) is 17.5 Å². The van der Waals surface area contributed by atoms with Crippen molar-refractivity contribution in [3.63, 3.8) is 0 Å². The van der Waals surface area contributed by atoms with Crippen molar-refractivity contribution < 1.29 is 23.9 Å². The number of rotatable bonds is 6. The summed E-state index contributed by atoms with van der Waals surface area (Å²) in [5.41, 5.74) is 1.76. The van der Waals surface area contributed by atoms with Crippen molar-refractivity contribution in [2.45, 2.75) is 19.4 Å². The molecule has 0 bridgehead atoms. The predicted molar refractivity (Wildman–Crippen MR) is 102 cm³/mol. The number of nitrogens with zero attached hydrogens (tertiary/aromatic N) is 2. The van der Waals surface area contributed by atoms with E-state index in [2.05, 4.69) is 5.32 Å². The molecule has 1 aliphatic rings. The van der Waals surface area contributed by atoms with Gasteiger partial charge in [0.25, 0.3) is 17.7 Å². The van der Waals surface area contributed by atoms with Gasteiger partial charge >= 0.3 is 5.97 Å². The van der Waals surface area contributed by atoms with Crippen molar-refractivity contribution in [1.82, 2.24) is 4.90 Å². The Morgan fingerprint density at radius 1 is 1.07 bits per heavy atom. The summed E-state index contributed by atoms with van der Waals surface area (Å²) < 4.78 is 4.97. The second-order valence-electron chi connectivity index (χ2n) is 6.39. The Bertz CT molecular complexity index is 988. The highest BCUT2D eigenvalue weighted by molar-refractivity contribution is 6.22. The van der Waals surface area contributed by atoms with Gasteiger partial charge in [-0.15, -0.1) is 0 Å². The Labute approximate surface area is 166 Å². The zero-order chi connectivity index (χ0) is 21.0. The largest absolute Gasteiger partial charge is 0.454 e. The number of carbonyl (C=O) groups is 4. The molecule has 1 unspecified atom stereocenters. The molecule has 1 atom stereocenters. The molecule has 1 heterocycles. The quantitative estimate of drug-likeness (QED) is 0.594. The molecule has 146 valence electrons. The maximum Gasteiger partial charge on any atom is 0.329 e. The lowest BCUT2D eigenvalue weighted by molar-refractivity contribution is -0.150. The molecular weight excluding hydrogens is 374 g/mol. The Hall–Kier alpha value is -3.99. The van der Waals surface area contributed by atoms with E-state index < -0.39 is 36.3 Å². The van der Waals surface area contributed by atoms with Crippen LogP contribution in [-0.2, 0) is 20.7 Å². The Morgan fingerprint density at radius 2 is 1.66 bits per heavy atom. The van der Waals surface area contributed by atoms with Crippen molar-refractivity contribution in [1.29, 1.82) is 5.26 Å². The van der Waals surface area contributed by atoms with Crippen LogP contribution in [0.2, 0.25) is 0 Å². The molecule has 0 fully saturated rings.